The fourth-order valence-corrected chi connectivity index (χ4v) is 2.48. The van der Waals surface area contributed by atoms with Crippen LogP contribution in [0.15, 0.2) is 28.7 Å². The minimum Gasteiger partial charge on any atom is -0.350 e. The summed E-state index contributed by atoms with van der Waals surface area (Å²) >= 11 is 3.46. The molecule has 0 saturated heterocycles. The normalized spacial score (nSPS) is 21.5. The minimum atomic E-state index is -0.318. The summed E-state index contributed by atoms with van der Waals surface area (Å²) in [6, 6.07) is 8.18. The lowest BCUT2D eigenvalue weighted by molar-refractivity contribution is -0.123. The van der Waals surface area contributed by atoms with Crippen LogP contribution < -0.4 is 11.1 Å². The van der Waals surface area contributed by atoms with Gasteiger partial charge in [-0.25, -0.2) is 0 Å². The number of rotatable bonds is 4. The number of carbonyl (C=O) groups excluding carboxylic acids is 1. The summed E-state index contributed by atoms with van der Waals surface area (Å²) in [6.07, 6.45) is 0.933. The highest BCUT2D eigenvalue weighted by Crippen LogP contribution is 2.48. The molecule has 2 unspecified atom stereocenters. The molecule has 0 aliphatic heterocycles. The molecule has 19 heavy (non-hydrogen) atoms. The minimum absolute atomic E-state index is 0. The Hall–Kier alpha value is -0.580. The molecule has 3 nitrogen and oxygen atoms in total. The Morgan fingerprint density at radius 3 is 2.79 bits per heavy atom. The van der Waals surface area contributed by atoms with Gasteiger partial charge in [-0.2, -0.15) is 0 Å². The van der Waals surface area contributed by atoms with Gasteiger partial charge in [0, 0.05) is 22.5 Å². The molecule has 2 rings (SSSR count). The molecule has 5 heteroatoms. The quantitative estimate of drug-likeness (QED) is 0.880. The number of hydrogen-bond acceptors (Lipinski definition) is 2. The maximum atomic E-state index is 12.1. The number of nitrogens with one attached hydrogen (secondary N) is 1. The van der Waals surface area contributed by atoms with Crippen LogP contribution in [0.3, 0.4) is 0 Å². The van der Waals surface area contributed by atoms with Crippen LogP contribution in [-0.4, -0.2) is 18.0 Å². The molecule has 1 aliphatic carbocycles. The predicted molar refractivity (Wildman–Crippen MR) is 83.5 cm³/mol. The Bertz CT molecular complexity index is 465. The zero-order chi connectivity index (χ0) is 13.3. The van der Waals surface area contributed by atoms with E-state index in [9.17, 15) is 4.79 Å². The van der Waals surface area contributed by atoms with E-state index < -0.39 is 0 Å². The predicted octanol–water partition coefficient (Wildman–Crippen LogP) is 2.83. The first kappa shape index (κ1) is 16.5. The summed E-state index contributed by atoms with van der Waals surface area (Å²) in [5.74, 6) is 0.580. The molecule has 0 aromatic heterocycles. The molecular weight excluding hydrogens is 328 g/mol. The molecule has 0 radical (unpaired) electrons. The second kappa shape index (κ2) is 6.25. The largest absolute Gasteiger partial charge is 0.350 e. The Balaban J connectivity index is 0.00000180. The topological polar surface area (TPSA) is 55.1 Å². The average molecular weight is 348 g/mol. The van der Waals surface area contributed by atoms with Gasteiger partial charge in [-0.3, -0.25) is 4.79 Å². The monoisotopic (exact) mass is 346 g/mol. The van der Waals surface area contributed by atoms with Gasteiger partial charge in [-0.05, 0) is 43.9 Å². The van der Waals surface area contributed by atoms with Crippen LogP contribution in [0.1, 0.15) is 31.7 Å². The van der Waals surface area contributed by atoms with Crippen LogP contribution in [0.5, 0.6) is 0 Å². The Morgan fingerprint density at radius 2 is 2.21 bits per heavy atom. The zero-order valence-corrected chi connectivity index (χ0v) is 13.6. The molecule has 1 aromatic carbocycles. The molecule has 0 spiro atoms. The van der Waals surface area contributed by atoms with Crippen LogP contribution in [-0.2, 0) is 4.79 Å². The van der Waals surface area contributed by atoms with Crippen LogP contribution in [0, 0.1) is 5.92 Å². The highest BCUT2D eigenvalue weighted by molar-refractivity contribution is 9.10. The third-order valence-electron chi connectivity index (χ3n) is 3.38. The molecule has 1 amide bonds. The SMILES string of the molecule is CC(C)(CN)NC(=O)C1CC1c1cccc(Br)c1.Cl. The standard InChI is InChI=1S/C14H19BrN2O.ClH/c1-14(2,8-16)17-13(18)12-7-11(12)9-4-3-5-10(15)6-9;/h3-6,11-12H,7-8,16H2,1-2H3,(H,17,18);1H. The molecule has 1 aliphatic rings. The smallest absolute Gasteiger partial charge is 0.224 e. The lowest BCUT2D eigenvalue weighted by Gasteiger charge is -2.24. The van der Waals surface area contributed by atoms with Crippen molar-refractivity contribution >= 4 is 34.2 Å². The van der Waals surface area contributed by atoms with E-state index in [1.165, 1.54) is 5.56 Å². The Morgan fingerprint density at radius 1 is 1.53 bits per heavy atom. The van der Waals surface area contributed by atoms with Crippen molar-refractivity contribution in [2.24, 2.45) is 11.7 Å². The number of hydrogen-bond donors (Lipinski definition) is 2. The fraction of sp³-hybridized carbons (Fsp3) is 0.500. The maximum absolute atomic E-state index is 12.1. The fourth-order valence-electron chi connectivity index (χ4n) is 2.07. The van der Waals surface area contributed by atoms with Crippen molar-refractivity contribution in [3.05, 3.63) is 34.3 Å². The second-order valence-corrected chi connectivity index (χ2v) is 6.50. The highest BCUT2D eigenvalue weighted by atomic mass is 79.9. The molecular formula is C14H20BrClN2O. The van der Waals surface area contributed by atoms with Gasteiger partial charge in [-0.1, -0.05) is 28.1 Å². The van der Waals surface area contributed by atoms with Gasteiger partial charge < -0.3 is 11.1 Å². The number of benzene rings is 1. The van der Waals surface area contributed by atoms with Gasteiger partial charge in [0.15, 0.2) is 0 Å². The lowest BCUT2D eigenvalue weighted by Crippen LogP contribution is -2.49. The van der Waals surface area contributed by atoms with Crippen LogP contribution in [0.2, 0.25) is 0 Å². The summed E-state index contributed by atoms with van der Waals surface area (Å²) in [5, 5.41) is 3.01. The van der Waals surface area contributed by atoms with Crippen molar-refractivity contribution < 1.29 is 4.79 Å². The van der Waals surface area contributed by atoms with Crippen LogP contribution in [0.25, 0.3) is 0 Å². The first-order chi connectivity index (χ1) is 8.43. The van der Waals surface area contributed by atoms with Gasteiger partial charge in [0.25, 0.3) is 0 Å². The van der Waals surface area contributed by atoms with E-state index in [2.05, 4.69) is 33.4 Å². The van der Waals surface area contributed by atoms with Gasteiger partial charge in [-0.15, -0.1) is 12.4 Å². The average Bonchev–Trinajstić information content (AvgIpc) is 3.08. The molecule has 2 atom stereocenters. The summed E-state index contributed by atoms with van der Waals surface area (Å²) in [5.41, 5.74) is 6.53. The molecule has 3 N–H and O–H groups in total. The van der Waals surface area contributed by atoms with Crippen LogP contribution in [0.4, 0.5) is 0 Å². The third kappa shape index (κ3) is 4.20. The van der Waals surface area contributed by atoms with Gasteiger partial charge in [0.1, 0.15) is 0 Å². The summed E-state index contributed by atoms with van der Waals surface area (Å²) in [4.78, 5) is 12.1. The van der Waals surface area contributed by atoms with Gasteiger partial charge in [0.05, 0.1) is 0 Å². The zero-order valence-electron chi connectivity index (χ0n) is 11.2. The van der Waals surface area contributed by atoms with Crippen molar-refractivity contribution in [1.82, 2.24) is 5.32 Å². The van der Waals surface area contributed by atoms with Crippen LogP contribution >= 0.6 is 28.3 Å². The molecule has 1 aromatic rings. The van der Waals surface area contributed by atoms with Gasteiger partial charge in [0.2, 0.25) is 5.91 Å². The molecule has 0 heterocycles. The number of carbonyl (C=O) groups is 1. The lowest BCUT2D eigenvalue weighted by atomic mass is 10.0. The van der Waals surface area contributed by atoms with Crippen molar-refractivity contribution in [2.75, 3.05) is 6.54 Å². The first-order valence-corrected chi connectivity index (χ1v) is 7.00. The van der Waals surface area contributed by atoms with E-state index in [1.807, 2.05) is 26.0 Å². The van der Waals surface area contributed by atoms with Gasteiger partial charge >= 0.3 is 0 Å². The first-order valence-electron chi connectivity index (χ1n) is 6.20. The summed E-state index contributed by atoms with van der Waals surface area (Å²) in [6.45, 7) is 4.34. The molecule has 106 valence electrons. The van der Waals surface area contributed by atoms with E-state index in [1.54, 1.807) is 0 Å². The maximum Gasteiger partial charge on any atom is 0.224 e. The third-order valence-corrected chi connectivity index (χ3v) is 3.87. The van der Waals surface area contributed by atoms with E-state index in [0.717, 1.165) is 10.9 Å². The Kier molecular flexibility index (Phi) is 5.42. The van der Waals surface area contributed by atoms with E-state index in [-0.39, 0.29) is 29.8 Å². The van der Waals surface area contributed by atoms with Crippen molar-refractivity contribution in [2.45, 2.75) is 31.7 Å². The number of halogens is 2. The van der Waals surface area contributed by atoms with E-state index in [4.69, 9.17) is 5.73 Å². The number of amides is 1. The molecule has 1 saturated carbocycles. The number of nitrogens with two attached hydrogens (primary N) is 1. The Labute approximate surface area is 128 Å². The van der Waals surface area contributed by atoms with Crippen molar-refractivity contribution in [3.63, 3.8) is 0 Å². The van der Waals surface area contributed by atoms with E-state index >= 15 is 0 Å². The highest BCUT2D eigenvalue weighted by Gasteiger charge is 2.44. The van der Waals surface area contributed by atoms with Crippen molar-refractivity contribution in [1.29, 1.82) is 0 Å². The summed E-state index contributed by atoms with van der Waals surface area (Å²) in [7, 11) is 0. The molecule has 1 fully saturated rings. The van der Waals surface area contributed by atoms with Crippen molar-refractivity contribution in [3.8, 4) is 0 Å². The summed E-state index contributed by atoms with van der Waals surface area (Å²) < 4.78 is 1.06. The van der Waals surface area contributed by atoms with E-state index in [0.29, 0.717) is 12.5 Å². The second-order valence-electron chi connectivity index (χ2n) is 5.58. The molecule has 0 bridgehead atoms.